The molecule has 126 valence electrons. The van der Waals surface area contributed by atoms with Crippen LogP contribution in [0.25, 0.3) is 11.1 Å². The molecule has 0 radical (unpaired) electrons. The Kier molecular flexibility index (Phi) is 5.59. The monoisotopic (exact) mass is 338 g/mol. The summed E-state index contributed by atoms with van der Waals surface area (Å²) in [5.74, 6) is 0.576. The molecule has 0 aromatic carbocycles. The van der Waals surface area contributed by atoms with Crippen LogP contribution in [0.3, 0.4) is 0 Å². The van der Waals surface area contributed by atoms with Gasteiger partial charge in [-0.2, -0.15) is 0 Å². The maximum Gasteiger partial charge on any atom is 0.258 e. The third-order valence-electron chi connectivity index (χ3n) is 4.27. The lowest BCUT2D eigenvalue weighted by Crippen LogP contribution is -2.42. The first-order chi connectivity index (χ1) is 10.6. The number of aryl methyl sites for hydroxylation is 2. The van der Waals surface area contributed by atoms with Crippen molar-refractivity contribution in [2.24, 2.45) is 5.92 Å². The minimum Gasteiger partial charge on any atom is -0.338 e. The van der Waals surface area contributed by atoms with E-state index in [1.165, 1.54) is 6.42 Å². The molecule has 1 N–H and O–H groups in total. The molecule has 7 heteroatoms. The van der Waals surface area contributed by atoms with Crippen LogP contribution in [0.5, 0.6) is 0 Å². The quantitative estimate of drug-likeness (QED) is 0.930. The zero-order valence-electron chi connectivity index (χ0n) is 13.8. The van der Waals surface area contributed by atoms with Crippen molar-refractivity contribution in [2.45, 2.75) is 26.7 Å². The van der Waals surface area contributed by atoms with Gasteiger partial charge in [-0.1, -0.05) is 5.16 Å². The van der Waals surface area contributed by atoms with Crippen LogP contribution in [-0.4, -0.2) is 47.6 Å². The van der Waals surface area contributed by atoms with E-state index in [4.69, 9.17) is 4.52 Å². The highest BCUT2D eigenvalue weighted by Crippen LogP contribution is 2.25. The van der Waals surface area contributed by atoms with Gasteiger partial charge in [0.15, 0.2) is 0 Å². The van der Waals surface area contributed by atoms with Crippen LogP contribution in [0.15, 0.2) is 10.6 Å². The number of carbonyl (C=O) groups is 1. The Morgan fingerprint density at radius 1 is 1.48 bits per heavy atom. The lowest BCUT2D eigenvalue weighted by Gasteiger charge is -2.33. The molecule has 2 aromatic heterocycles. The molecule has 1 atom stereocenters. The van der Waals surface area contributed by atoms with E-state index in [-0.39, 0.29) is 18.3 Å². The number of nitrogens with zero attached hydrogens (tertiary/aromatic N) is 3. The predicted octanol–water partition coefficient (Wildman–Crippen LogP) is 2.33. The number of hydrogen-bond acceptors (Lipinski definition) is 5. The van der Waals surface area contributed by atoms with Crippen molar-refractivity contribution in [3.8, 4) is 0 Å². The van der Waals surface area contributed by atoms with E-state index in [0.717, 1.165) is 42.8 Å². The molecular formula is C16H23ClN4O2. The molecule has 1 amide bonds. The van der Waals surface area contributed by atoms with Gasteiger partial charge < -0.3 is 14.7 Å². The Hall–Kier alpha value is -1.66. The minimum atomic E-state index is 0. The molecule has 23 heavy (non-hydrogen) atoms. The molecule has 1 aliphatic rings. The number of halogens is 1. The maximum absolute atomic E-state index is 13.0. The van der Waals surface area contributed by atoms with Gasteiger partial charge in [0, 0.05) is 18.8 Å². The van der Waals surface area contributed by atoms with E-state index >= 15 is 0 Å². The minimum absolute atomic E-state index is 0. The summed E-state index contributed by atoms with van der Waals surface area (Å²) < 4.78 is 5.23. The summed E-state index contributed by atoms with van der Waals surface area (Å²) >= 11 is 0. The van der Waals surface area contributed by atoms with Crippen molar-refractivity contribution in [1.29, 1.82) is 0 Å². The number of carbonyl (C=O) groups excluding carboxylic acids is 1. The predicted molar refractivity (Wildman–Crippen MR) is 91.1 cm³/mol. The second-order valence-electron chi connectivity index (χ2n) is 6.08. The molecule has 3 rings (SSSR count). The van der Waals surface area contributed by atoms with Crippen LogP contribution in [0, 0.1) is 19.8 Å². The number of hydrogen-bond donors (Lipinski definition) is 1. The van der Waals surface area contributed by atoms with Gasteiger partial charge in [0.25, 0.3) is 11.6 Å². The summed E-state index contributed by atoms with van der Waals surface area (Å²) in [5, 5.41) is 7.90. The van der Waals surface area contributed by atoms with Crippen molar-refractivity contribution in [3.05, 3.63) is 23.0 Å². The van der Waals surface area contributed by atoms with Gasteiger partial charge in [-0.25, -0.2) is 4.98 Å². The molecule has 1 saturated heterocycles. The van der Waals surface area contributed by atoms with Gasteiger partial charge in [0.1, 0.15) is 0 Å². The highest BCUT2D eigenvalue weighted by atomic mass is 35.5. The Bertz CT molecular complexity index is 699. The number of rotatable bonds is 3. The maximum atomic E-state index is 13.0. The smallest absolute Gasteiger partial charge is 0.258 e. The van der Waals surface area contributed by atoms with Crippen LogP contribution in [0.2, 0.25) is 0 Å². The largest absolute Gasteiger partial charge is 0.338 e. The second kappa shape index (κ2) is 7.27. The number of piperidine rings is 1. The summed E-state index contributed by atoms with van der Waals surface area (Å²) in [6.07, 6.45) is 2.22. The van der Waals surface area contributed by atoms with Crippen LogP contribution in [-0.2, 0) is 0 Å². The van der Waals surface area contributed by atoms with E-state index in [1.54, 1.807) is 0 Å². The molecular weight excluding hydrogens is 316 g/mol. The SMILES string of the molecule is CNCC1CCCN(C(=O)c2cc(C)nc3onc(C)c23)C1.Cl. The molecule has 2 aromatic rings. The zero-order chi connectivity index (χ0) is 15.7. The number of pyridine rings is 1. The van der Waals surface area contributed by atoms with Gasteiger partial charge in [-0.3, -0.25) is 4.79 Å². The molecule has 6 nitrogen and oxygen atoms in total. The normalized spacial score (nSPS) is 18.0. The number of aromatic nitrogens is 2. The van der Waals surface area contributed by atoms with Gasteiger partial charge in [0.2, 0.25) is 0 Å². The molecule has 1 fully saturated rings. The van der Waals surface area contributed by atoms with E-state index in [0.29, 0.717) is 17.2 Å². The summed E-state index contributed by atoms with van der Waals surface area (Å²) in [4.78, 5) is 19.2. The molecule has 1 unspecified atom stereocenters. The van der Waals surface area contributed by atoms with E-state index < -0.39 is 0 Å². The van der Waals surface area contributed by atoms with Gasteiger partial charge >= 0.3 is 0 Å². The van der Waals surface area contributed by atoms with Crippen molar-refractivity contribution < 1.29 is 9.32 Å². The standard InChI is InChI=1S/C16H22N4O2.ClH/c1-10-7-13(14-11(2)19-22-15(14)18-10)16(21)20-6-4-5-12(9-20)8-17-3;/h7,12,17H,4-6,8-9H2,1-3H3;1H. The average Bonchev–Trinajstić information content (AvgIpc) is 2.87. The van der Waals surface area contributed by atoms with Crippen molar-refractivity contribution in [2.75, 3.05) is 26.7 Å². The molecule has 3 heterocycles. The highest BCUT2D eigenvalue weighted by Gasteiger charge is 2.27. The number of amides is 1. The molecule has 0 spiro atoms. The lowest BCUT2D eigenvalue weighted by molar-refractivity contribution is 0.0676. The van der Waals surface area contributed by atoms with Gasteiger partial charge in [-0.05, 0) is 52.3 Å². The fourth-order valence-corrected chi connectivity index (χ4v) is 3.26. The van der Waals surface area contributed by atoms with Crippen molar-refractivity contribution >= 4 is 29.4 Å². The van der Waals surface area contributed by atoms with Gasteiger partial charge in [0.05, 0.1) is 16.6 Å². The first kappa shape index (κ1) is 17.7. The third kappa shape index (κ3) is 3.48. The zero-order valence-corrected chi connectivity index (χ0v) is 14.6. The molecule has 0 saturated carbocycles. The first-order valence-electron chi connectivity index (χ1n) is 7.77. The Morgan fingerprint density at radius 3 is 3.00 bits per heavy atom. The third-order valence-corrected chi connectivity index (χ3v) is 4.27. The van der Waals surface area contributed by atoms with Crippen LogP contribution < -0.4 is 5.32 Å². The Labute approximate surface area is 142 Å². The molecule has 1 aliphatic heterocycles. The summed E-state index contributed by atoms with van der Waals surface area (Å²) in [6, 6.07) is 1.84. The van der Waals surface area contributed by atoms with Gasteiger partial charge in [-0.15, -0.1) is 12.4 Å². The molecule has 0 bridgehead atoms. The lowest BCUT2D eigenvalue weighted by atomic mass is 9.97. The first-order valence-corrected chi connectivity index (χ1v) is 7.77. The second-order valence-corrected chi connectivity index (χ2v) is 6.08. The van der Waals surface area contributed by atoms with E-state index in [9.17, 15) is 4.79 Å². The number of fused-ring (bicyclic) bond motifs is 1. The summed E-state index contributed by atoms with van der Waals surface area (Å²) in [5.41, 5.74) is 2.60. The fraction of sp³-hybridized carbons (Fsp3) is 0.562. The van der Waals surface area contributed by atoms with Crippen molar-refractivity contribution in [1.82, 2.24) is 20.4 Å². The topological polar surface area (TPSA) is 71.3 Å². The molecule has 0 aliphatic carbocycles. The number of nitrogens with one attached hydrogen (secondary N) is 1. The number of likely N-dealkylation sites (tertiary alicyclic amines) is 1. The van der Waals surface area contributed by atoms with E-state index in [2.05, 4.69) is 15.5 Å². The average molecular weight is 339 g/mol. The fourth-order valence-electron chi connectivity index (χ4n) is 3.26. The van der Waals surface area contributed by atoms with Crippen LogP contribution in [0.1, 0.15) is 34.6 Å². The summed E-state index contributed by atoms with van der Waals surface area (Å²) in [6.45, 7) is 6.27. The van der Waals surface area contributed by atoms with Crippen LogP contribution in [0.4, 0.5) is 0 Å². The van der Waals surface area contributed by atoms with Crippen molar-refractivity contribution in [3.63, 3.8) is 0 Å². The van der Waals surface area contributed by atoms with Crippen LogP contribution >= 0.6 is 12.4 Å². The Balaban J connectivity index is 0.00000192. The summed E-state index contributed by atoms with van der Waals surface area (Å²) in [7, 11) is 1.96. The van der Waals surface area contributed by atoms with E-state index in [1.807, 2.05) is 31.9 Å². The Morgan fingerprint density at radius 2 is 2.26 bits per heavy atom. The highest BCUT2D eigenvalue weighted by molar-refractivity contribution is 6.06.